The molecule has 0 aliphatic carbocycles. The summed E-state index contributed by atoms with van der Waals surface area (Å²) in [5.41, 5.74) is 0.648. The minimum atomic E-state index is -0.876. The zero-order valence-electron chi connectivity index (χ0n) is 23.3. The van der Waals surface area contributed by atoms with Crippen LogP contribution in [0.15, 0.2) is 49.6 Å². The number of amides is 2. The summed E-state index contributed by atoms with van der Waals surface area (Å²) in [4.78, 5) is 45.7. The molecule has 3 fully saturated rings. The first-order valence-corrected chi connectivity index (χ1v) is 15.6. The maximum Gasteiger partial charge on any atom is 0.310 e. The fraction of sp³-hybridized carbons (Fsp3) is 0.567. The Morgan fingerprint density at radius 3 is 2.58 bits per heavy atom. The quantitative estimate of drug-likeness (QED) is 0.150. The second-order valence-corrected chi connectivity index (χ2v) is 13.4. The zero-order chi connectivity index (χ0) is 29.2. The fourth-order valence-electron chi connectivity index (χ4n) is 6.49. The highest BCUT2D eigenvalue weighted by molar-refractivity contribution is 9.09. The molecule has 3 aliphatic rings. The van der Waals surface area contributed by atoms with Gasteiger partial charge in [-0.25, -0.2) is 0 Å². The number of likely N-dealkylation sites (tertiary alicyclic amines) is 1. The predicted octanol–water partition coefficient (Wildman–Crippen LogP) is 4.21. The normalized spacial score (nSPS) is 30.0. The number of thioether (sulfide) groups is 1. The van der Waals surface area contributed by atoms with Gasteiger partial charge in [-0.1, -0.05) is 48.4 Å². The molecule has 0 saturated carbocycles. The summed E-state index contributed by atoms with van der Waals surface area (Å²) in [6.07, 6.45) is 5.12. The van der Waals surface area contributed by atoms with Crippen molar-refractivity contribution in [1.82, 2.24) is 4.90 Å². The van der Waals surface area contributed by atoms with Gasteiger partial charge in [-0.2, -0.15) is 0 Å². The van der Waals surface area contributed by atoms with Crippen molar-refractivity contribution in [2.45, 2.75) is 60.0 Å². The Balaban J connectivity index is 1.82. The smallest absolute Gasteiger partial charge is 0.310 e. The average Bonchev–Trinajstić information content (AvgIpc) is 3.55. The number of carbonyl (C=O) groups excluding carboxylic acids is 3. The molecular formula is C30H39BrN2O6S. The van der Waals surface area contributed by atoms with E-state index in [1.807, 2.05) is 13.8 Å². The third-order valence-electron chi connectivity index (χ3n) is 8.61. The lowest BCUT2D eigenvalue weighted by molar-refractivity contribution is -0.154. The summed E-state index contributed by atoms with van der Waals surface area (Å²) in [6.45, 7) is 11.7. The SMILES string of the molecule is C=CCCOC(=O)[C@H]1[C@@H]2SC3(CC2Br)C(C(=O)N(CC=C)c2ccc(OC)cc2)N([C@@H](CO)[C@@H](C)CC)C(=O)[C@H]13. The first kappa shape index (κ1) is 30.7. The van der Waals surface area contributed by atoms with Gasteiger partial charge >= 0.3 is 5.97 Å². The van der Waals surface area contributed by atoms with Gasteiger partial charge in [-0.05, 0) is 43.0 Å². The van der Waals surface area contributed by atoms with Crippen LogP contribution in [-0.2, 0) is 19.1 Å². The van der Waals surface area contributed by atoms with Crippen LogP contribution in [0.25, 0.3) is 0 Å². The second kappa shape index (κ2) is 12.7. The highest BCUT2D eigenvalue weighted by Gasteiger charge is 2.76. The summed E-state index contributed by atoms with van der Waals surface area (Å²) in [7, 11) is 1.58. The van der Waals surface area contributed by atoms with E-state index < -0.39 is 34.6 Å². The molecule has 2 bridgehead atoms. The summed E-state index contributed by atoms with van der Waals surface area (Å²) in [5, 5.41) is 10.4. The number of benzene rings is 1. The van der Waals surface area contributed by atoms with E-state index >= 15 is 0 Å². The minimum absolute atomic E-state index is 0.0618. The van der Waals surface area contributed by atoms with Gasteiger partial charge < -0.3 is 24.4 Å². The number of halogens is 1. The van der Waals surface area contributed by atoms with Crippen molar-refractivity contribution in [1.29, 1.82) is 0 Å². The van der Waals surface area contributed by atoms with Crippen molar-refractivity contribution in [3.8, 4) is 5.75 Å². The van der Waals surface area contributed by atoms with E-state index in [-0.39, 0.29) is 47.6 Å². The number of rotatable bonds is 13. The number of carbonyl (C=O) groups is 3. The van der Waals surface area contributed by atoms with Crippen LogP contribution in [0.3, 0.4) is 0 Å². The second-order valence-electron chi connectivity index (χ2n) is 10.7. The molecule has 3 aliphatic heterocycles. The van der Waals surface area contributed by atoms with Crippen LogP contribution in [0.5, 0.6) is 5.75 Å². The van der Waals surface area contributed by atoms with Crippen LogP contribution in [0.1, 0.15) is 33.1 Å². The molecule has 1 spiro atoms. The molecule has 3 saturated heterocycles. The van der Waals surface area contributed by atoms with Gasteiger partial charge in [-0.3, -0.25) is 14.4 Å². The number of alkyl halides is 1. The number of hydrogen-bond donors (Lipinski definition) is 1. The molecule has 218 valence electrons. The summed E-state index contributed by atoms with van der Waals surface area (Å²) in [6, 6.07) is 5.74. The van der Waals surface area contributed by atoms with Crippen molar-refractivity contribution >= 4 is 51.2 Å². The number of fused-ring (bicyclic) bond motifs is 1. The van der Waals surface area contributed by atoms with Crippen molar-refractivity contribution in [3.63, 3.8) is 0 Å². The van der Waals surface area contributed by atoms with Crippen LogP contribution < -0.4 is 9.64 Å². The summed E-state index contributed by atoms with van der Waals surface area (Å²) >= 11 is 5.34. The molecule has 0 radical (unpaired) electrons. The van der Waals surface area contributed by atoms with Gasteiger partial charge in [0, 0.05) is 22.3 Å². The van der Waals surface area contributed by atoms with Crippen molar-refractivity contribution in [2.75, 3.05) is 31.8 Å². The molecular weight excluding hydrogens is 596 g/mol. The summed E-state index contributed by atoms with van der Waals surface area (Å²) < 4.78 is 10.1. The lowest BCUT2D eigenvalue weighted by Crippen LogP contribution is -2.59. The van der Waals surface area contributed by atoms with E-state index in [0.717, 1.165) is 0 Å². The van der Waals surface area contributed by atoms with Crippen molar-refractivity contribution in [3.05, 3.63) is 49.6 Å². The number of esters is 1. The highest BCUT2D eigenvalue weighted by Crippen LogP contribution is 2.68. The van der Waals surface area contributed by atoms with Crippen molar-refractivity contribution in [2.24, 2.45) is 17.8 Å². The molecule has 10 heteroatoms. The first-order valence-electron chi connectivity index (χ1n) is 13.8. The predicted molar refractivity (Wildman–Crippen MR) is 161 cm³/mol. The highest BCUT2D eigenvalue weighted by atomic mass is 79.9. The third kappa shape index (κ3) is 5.11. The number of hydrogen-bond acceptors (Lipinski definition) is 7. The van der Waals surface area contributed by atoms with E-state index in [1.165, 1.54) is 0 Å². The van der Waals surface area contributed by atoms with E-state index in [4.69, 9.17) is 9.47 Å². The molecule has 1 aromatic rings. The standard InChI is InChI=1S/C30H39BrN2O6S/c1-6-9-15-39-29(37)23-24-27(35)33(22(17-34)18(4)8-3)26(30(24)16-21(31)25(23)40-30)28(36)32(14-7-2)19-10-12-20(38-5)13-11-19/h6-7,10-13,18,21-26,34H,1-2,8-9,14-17H2,3-5H3/t18-,21?,22-,23+,24-,25+,26?,30?/m0/s1. The molecule has 40 heavy (non-hydrogen) atoms. The van der Waals surface area contributed by atoms with E-state index in [2.05, 4.69) is 29.1 Å². The molecule has 3 heterocycles. The Bertz CT molecular complexity index is 1130. The van der Waals surface area contributed by atoms with Gasteiger partial charge in [0.15, 0.2) is 0 Å². The molecule has 1 aromatic carbocycles. The van der Waals surface area contributed by atoms with Gasteiger partial charge in [0.2, 0.25) is 5.91 Å². The largest absolute Gasteiger partial charge is 0.497 e. The number of nitrogens with zero attached hydrogens (tertiary/aromatic N) is 2. The number of methoxy groups -OCH3 is 1. The number of anilines is 1. The molecule has 8 nitrogen and oxygen atoms in total. The lowest BCUT2D eigenvalue weighted by atomic mass is 9.71. The van der Waals surface area contributed by atoms with Crippen LogP contribution in [0, 0.1) is 17.8 Å². The van der Waals surface area contributed by atoms with Gasteiger partial charge in [0.05, 0.1) is 42.9 Å². The summed E-state index contributed by atoms with van der Waals surface area (Å²) in [5.74, 6) is -1.74. The van der Waals surface area contributed by atoms with E-state index in [0.29, 0.717) is 30.7 Å². The topological polar surface area (TPSA) is 96.4 Å². The lowest BCUT2D eigenvalue weighted by Gasteiger charge is -2.41. The van der Waals surface area contributed by atoms with Gasteiger partial charge in [0.25, 0.3) is 5.91 Å². The Hall–Kier alpha value is -2.30. The monoisotopic (exact) mass is 634 g/mol. The van der Waals surface area contributed by atoms with Crippen LogP contribution in [-0.4, -0.2) is 81.6 Å². The first-order chi connectivity index (χ1) is 19.2. The zero-order valence-corrected chi connectivity index (χ0v) is 25.7. The van der Waals surface area contributed by atoms with Gasteiger partial charge in [0.1, 0.15) is 11.8 Å². The Morgan fingerprint density at radius 1 is 1.30 bits per heavy atom. The Labute approximate surface area is 249 Å². The van der Waals surface area contributed by atoms with Crippen LogP contribution in [0.2, 0.25) is 0 Å². The number of aliphatic hydroxyl groups excluding tert-OH is 1. The maximum atomic E-state index is 14.7. The van der Waals surface area contributed by atoms with Crippen LogP contribution in [0.4, 0.5) is 5.69 Å². The molecule has 2 amide bonds. The van der Waals surface area contributed by atoms with E-state index in [9.17, 15) is 19.5 Å². The molecule has 0 aromatic heterocycles. The number of aliphatic hydroxyl groups is 1. The minimum Gasteiger partial charge on any atom is -0.497 e. The fourth-order valence-corrected chi connectivity index (χ4v) is 10.1. The van der Waals surface area contributed by atoms with Crippen molar-refractivity contribution < 1.29 is 29.0 Å². The average molecular weight is 636 g/mol. The maximum absolute atomic E-state index is 14.7. The Morgan fingerprint density at radius 2 is 2.00 bits per heavy atom. The molecule has 3 unspecified atom stereocenters. The van der Waals surface area contributed by atoms with Crippen LogP contribution >= 0.6 is 27.7 Å². The molecule has 4 rings (SSSR count). The number of ether oxygens (including phenoxy) is 2. The molecule has 8 atom stereocenters. The van der Waals surface area contributed by atoms with Gasteiger partial charge in [-0.15, -0.1) is 24.9 Å². The third-order valence-corrected chi connectivity index (χ3v) is 11.8. The molecule has 1 N–H and O–H groups in total. The van der Waals surface area contributed by atoms with E-state index in [1.54, 1.807) is 65.1 Å². The Kier molecular flexibility index (Phi) is 9.73.